The Balaban J connectivity index is 1.83. The summed E-state index contributed by atoms with van der Waals surface area (Å²) in [7, 11) is 2.75. The maximum Gasteiger partial charge on any atom is 0.329 e. The van der Waals surface area contributed by atoms with Crippen molar-refractivity contribution in [3.05, 3.63) is 60.2 Å². The molecule has 0 spiro atoms. The van der Waals surface area contributed by atoms with Crippen LogP contribution in [0.3, 0.4) is 0 Å². The first-order valence-corrected chi connectivity index (χ1v) is 8.27. The zero-order valence-corrected chi connectivity index (χ0v) is 14.7. The van der Waals surface area contributed by atoms with Crippen LogP contribution < -0.4 is 0 Å². The Morgan fingerprint density at radius 2 is 1.65 bits per heavy atom. The molecular weight excluding hydrogens is 332 g/mol. The van der Waals surface area contributed by atoms with Crippen LogP contribution in [0.5, 0.6) is 0 Å². The summed E-state index contributed by atoms with van der Waals surface area (Å²) in [5.74, 6) is -0.693. The van der Waals surface area contributed by atoms with Crippen LogP contribution in [0.2, 0.25) is 0 Å². The summed E-state index contributed by atoms with van der Waals surface area (Å²) in [4.78, 5) is 31.2. The number of methoxy groups -OCH3 is 1. The molecule has 0 radical (unpaired) electrons. The molecule has 0 unspecified atom stereocenters. The largest absolute Gasteiger partial charge is 0.467 e. The Kier molecular flexibility index (Phi) is 5.31. The summed E-state index contributed by atoms with van der Waals surface area (Å²) in [6.45, 7) is 0.243. The van der Waals surface area contributed by atoms with E-state index in [9.17, 15) is 9.59 Å². The number of rotatable bonds is 4. The van der Waals surface area contributed by atoms with Crippen molar-refractivity contribution in [2.75, 3.05) is 20.8 Å². The number of nitrogens with zero attached hydrogens (tertiary/aromatic N) is 2. The summed E-state index contributed by atoms with van der Waals surface area (Å²) in [5, 5.41) is 3.89. The maximum absolute atomic E-state index is 12.9. The third kappa shape index (κ3) is 3.59. The van der Waals surface area contributed by atoms with Crippen molar-refractivity contribution in [1.29, 1.82) is 0 Å². The molecule has 1 aliphatic heterocycles. The molecule has 3 rings (SSSR count). The van der Waals surface area contributed by atoms with E-state index in [4.69, 9.17) is 9.57 Å². The lowest BCUT2D eigenvalue weighted by molar-refractivity contribution is -0.145. The smallest absolute Gasteiger partial charge is 0.329 e. The summed E-state index contributed by atoms with van der Waals surface area (Å²) in [6, 6.07) is 16.6. The second-order valence-corrected chi connectivity index (χ2v) is 5.96. The van der Waals surface area contributed by atoms with Gasteiger partial charge < -0.3 is 14.5 Å². The molecule has 0 aromatic heterocycles. The number of hydrogen-bond acceptors (Lipinski definition) is 5. The van der Waals surface area contributed by atoms with Crippen LogP contribution in [0.25, 0.3) is 11.1 Å². The van der Waals surface area contributed by atoms with E-state index in [1.165, 1.54) is 19.1 Å². The number of likely N-dealkylation sites (tertiary alicyclic amines) is 1. The van der Waals surface area contributed by atoms with Crippen molar-refractivity contribution in [1.82, 2.24) is 4.90 Å². The van der Waals surface area contributed by atoms with E-state index in [0.29, 0.717) is 17.7 Å². The van der Waals surface area contributed by atoms with Gasteiger partial charge in [0.05, 0.1) is 19.4 Å². The zero-order valence-electron chi connectivity index (χ0n) is 14.7. The predicted octanol–water partition coefficient (Wildman–Crippen LogP) is 2.74. The first kappa shape index (κ1) is 17.7. The van der Waals surface area contributed by atoms with Crippen LogP contribution in [0.15, 0.2) is 59.8 Å². The van der Waals surface area contributed by atoms with Crippen LogP contribution in [0, 0.1) is 0 Å². The molecule has 0 N–H and O–H groups in total. The van der Waals surface area contributed by atoms with Crippen molar-refractivity contribution in [2.24, 2.45) is 5.16 Å². The lowest BCUT2D eigenvalue weighted by Gasteiger charge is -2.22. The number of oxime groups is 1. The minimum atomic E-state index is -0.685. The molecule has 1 heterocycles. The van der Waals surface area contributed by atoms with Crippen molar-refractivity contribution >= 4 is 17.6 Å². The molecular formula is C20H20N2O4. The number of esters is 1. The number of hydrogen-bond donors (Lipinski definition) is 0. The van der Waals surface area contributed by atoms with E-state index >= 15 is 0 Å². The molecule has 1 saturated heterocycles. The van der Waals surface area contributed by atoms with Crippen LogP contribution in [0.4, 0.5) is 0 Å². The standard InChI is InChI=1S/C20H20N2O4/c1-25-20(24)18-12-17(21-26-2)13-22(18)19(23)16-10-8-15(9-11-16)14-6-4-3-5-7-14/h3-11,18H,12-13H2,1-2H3/b21-17+/t18-/m0/s1. The third-order valence-corrected chi connectivity index (χ3v) is 4.35. The molecule has 134 valence electrons. The number of benzene rings is 2. The molecule has 1 amide bonds. The molecule has 0 bridgehead atoms. The topological polar surface area (TPSA) is 68.2 Å². The number of ether oxygens (including phenoxy) is 1. The Hall–Kier alpha value is -3.15. The first-order chi connectivity index (χ1) is 12.6. The van der Waals surface area contributed by atoms with Crippen LogP contribution in [0.1, 0.15) is 16.8 Å². The first-order valence-electron chi connectivity index (χ1n) is 8.27. The van der Waals surface area contributed by atoms with Gasteiger partial charge >= 0.3 is 5.97 Å². The number of carbonyl (C=O) groups is 2. The Morgan fingerprint density at radius 3 is 2.27 bits per heavy atom. The highest BCUT2D eigenvalue weighted by molar-refractivity contribution is 6.04. The van der Waals surface area contributed by atoms with Gasteiger partial charge in [-0.05, 0) is 23.3 Å². The minimum Gasteiger partial charge on any atom is -0.467 e. The highest BCUT2D eigenvalue weighted by atomic mass is 16.6. The highest BCUT2D eigenvalue weighted by Crippen LogP contribution is 2.23. The van der Waals surface area contributed by atoms with Gasteiger partial charge in [0, 0.05) is 12.0 Å². The summed E-state index contributed by atoms with van der Waals surface area (Å²) in [5.41, 5.74) is 3.25. The van der Waals surface area contributed by atoms with Crippen LogP contribution >= 0.6 is 0 Å². The summed E-state index contributed by atoms with van der Waals surface area (Å²) in [6.07, 6.45) is 0.314. The van der Waals surface area contributed by atoms with E-state index in [2.05, 4.69) is 5.16 Å². The van der Waals surface area contributed by atoms with E-state index in [1.54, 1.807) is 12.1 Å². The van der Waals surface area contributed by atoms with Crippen molar-refractivity contribution in [3.63, 3.8) is 0 Å². The minimum absolute atomic E-state index is 0.235. The van der Waals surface area contributed by atoms with E-state index in [0.717, 1.165) is 11.1 Å². The third-order valence-electron chi connectivity index (χ3n) is 4.35. The molecule has 1 fully saturated rings. The predicted molar refractivity (Wildman–Crippen MR) is 97.8 cm³/mol. The molecule has 1 aliphatic rings. The van der Waals surface area contributed by atoms with Gasteiger partial charge in [-0.2, -0.15) is 0 Å². The van der Waals surface area contributed by atoms with E-state index in [-0.39, 0.29) is 12.5 Å². The molecule has 0 saturated carbocycles. The molecule has 0 aliphatic carbocycles. The second-order valence-electron chi connectivity index (χ2n) is 5.96. The average Bonchev–Trinajstić information content (AvgIpc) is 3.12. The molecule has 2 aromatic rings. The lowest BCUT2D eigenvalue weighted by Crippen LogP contribution is -2.41. The number of amides is 1. The normalized spacial score (nSPS) is 18.0. The quantitative estimate of drug-likeness (QED) is 0.627. The highest BCUT2D eigenvalue weighted by Gasteiger charge is 2.39. The summed E-state index contributed by atoms with van der Waals surface area (Å²) >= 11 is 0. The van der Waals surface area contributed by atoms with E-state index in [1.807, 2.05) is 42.5 Å². The van der Waals surface area contributed by atoms with Gasteiger partial charge in [-0.25, -0.2) is 4.79 Å². The Bertz CT molecular complexity index is 815. The molecule has 6 heteroatoms. The monoisotopic (exact) mass is 352 g/mol. The zero-order chi connectivity index (χ0) is 18.5. The fourth-order valence-electron chi connectivity index (χ4n) is 3.06. The van der Waals surface area contributed by atoms with Gasteiger partial charge in [-0.3, -0.25) is 4.79 Å². The molecule has 26 heavy (non-hydrogen) atoms. The fraction of sp³-hybridized carbons (Fsp3) is 0.250. The van der Waals surface area contributed by atoms with Gasteiger partial charge in [0.2, 0.25) is 0 Å². The van der Waals surface area contributed by atoms with Crippen molar-refractivity contribution in [3.8, 4) is 11.1 Å². The number of carbonyl (C=O) groups excluding carboxylic acids is 2. The molecule has 6 nitrogen and oxygen atoms in total. The maximum atomic E-state index is 12.9. The van der Waals surface area contributed by atoms with E-state index < -0.39 is 12.0 Å². The van der Waals surface area contributed by atoms with Gasteiger partial charge in [-0.15, -0.1) is 0 Å². The van der Waals surface area contributed by atoms with Crippen molar-refractivity contribution < 1.29 is 19.2 Å². The van der Waals surface area contributed by atoms with Gasteiger partial charge in [0.25, 0.3) is 5.91 Å². The van der Waals surface area contributed by atoms with Crippen LogP contribution in [-0.4, -0.2) is 49.3 Å². The SMILES string of the molecule is CO/N=C1\C[C@@H](C(=O)OC)N(C(=O)c2ccc(-c3ccccc3)cc2)C1. The van der Waals surface area contributed by atoms with Gasteiger partial charge in [0.1, 0.15) is 13.2 Å². The second kappa shape index (κ2) is 7.82. The molecule has 1 atom stereocenters. The van der Waals surface area contributed by atoms with Crippen molar-refractivity contribution in [2.45, 2.75) is 12.5 Å². The fourth-order valence-corrected chi connectivity index (χ4v) is 3.06. The Labute approximate surface area is 152 Å². The molecule has 2 aromatic carbocycles. The summed E-state index contributed by atoms with van der Waals surface area (Å²) < 4.78 is 4.83. The van der Waals surface area contributed by atoms with Crippen LogP contribution in [-0.2, 0) is 14.4 Å². The average molecular weight is 352 g/mol. The van der Waals surface area contributed by atoms with Gasteiger partial charge in [0.15, 0.2) is 0 Å². The van der Waals surface area contributed by atoms with Gasteiger partial charge in [-0.1, -0.05) is 47.6 Å². The Morgan fingerprint density at radius 1 is 1.00 bits per heavy atom. The lowest BCUT2D eigenvalue weighted by atomic mass is 10.0.